The monoisotopic (exact) mass is 527 g/mol. The van der Waals surface area contributed by atoms with Crippen molar-refractivity contribution in [1.82, 2.24) is 5.32 Å². The molecule has 2 aromatic rings. The van der Waals surface area contributed by atoms with E-state index in [1.54, 1.807) is 30.0 Å². The number of hydrogen-bond acceptors (Lipinski definition) is 6. The number of aryl methyl sites for hydroxylation is 2. The van der Waals surface area contributed by atoms with Crippen LogP contribution in [0.25, 0.3) is 0 Å². The van der Waals surface area contributed by atoms with Gasteiger partial charge in [0, 0.05) is 21.7 Å². The minimum atomic E-state index is -3.37. The number of hydrogen-bond donors (Lipinski definition) is 2. The summed E-state index contributed by atoms with van der Waals surface area (Å²) in [5.41, 5.74) is 1.88. The van der Waals surface area contributed by atoms with Crippen molar-refractivity contribution in [2.75, 3.05) is 25.4 Å². The molecule has 0 aliphatic carbocycles. The zero-order chi connectivity index (χ0) is 25.1. The van der Waals surface area contributed by atoms with Crippen LogP contribution in [0.4, 0.5) is 0 Å². The fraction of sp³-hybridized carbons (Fsp3) is 0.480. The Balaban J connectivity index is 1.75. The van der Waals surface area contributed by atoms with Gasteiger partial charge in [-0.05, 0) is 74.2 Å². The van der Waals surface area contributed by atoms with Gasteiger partial charge in [0.05, 0.1) is 10.6 Å². The third kappa shape index (κ3) is 9.49. The van der Waals surface area contributed by atoms with E-state index >= 15 is 0 Å². The highest BCUT2D eigenvalue weighted by Gasteiger charge is 2.16. The summed E-state index contributed by atoms with van der Waals surface area (Å²) in [6.45, 7) is 7.07. The molecule has 6 nitrogen and oxygen atoms in total. The van der Waals surface area contributed by atoms with E-state index in [1.807, 2.05) is 25.1 Å². The van der Waals surface area contributed by atoms with Crippen LogP contribution in [-0.2, 0) is 21.1 Å². The summed E-state index contributed by atoms with van der Waals surface area (Å²) in [6.07, 6.45) is 3.47. The molecule has 34 heavy (non-hydrogen) atoms. The number of rotatable bonds is 15. The number of ether oxygens (including phenoxy) is 1. The lowest BCUT2D eigenvalue weighted by Crippen LogP contribution is -2.25. The van der Waals surface area contributed by atoms with Gasteiger partial charge in [-0.2, -0.15) is 0 Å². The number of aliphatic carboxylic acids is 1. The van der Waals surface area contributed by atoms with Gasteiger partial charge in [-0.25, -0.2) is 13.2 Å². The average molecular weight is 528 g/mol. The molecule has 0 radical (unpaired) electrons. The Kier molecular flexibility index (Phi) is 11.7. The predicted molar refractivity (Wildman–Crippen MR) is 139 cm³/mol. The molecule has 188 valence electrons. The molecule has 0 aliphatic heterocycles. The molecule has 0 heterocycles. The fourth-order valence-electron chi connectivity index (χ4n) is 3.37. The van der Waals surface area contributed by atoms with Crippen molar-refractivity contribution in [1.29, 1.82) is 0 Å². The van der Waals surface area contributed by atoms with Crippen molar-refractivity contribution >= 4 is 39.2 Å². The molecule has 0 amide bonds. The van der Waals surface area contributed by atoms with Crippen molar-refractivity contribution in [3.63, 3.8) is 0 Å². The summed E-state index contributed by atoms with van der Waals surface area (Å²) in [5.74, 6) is -0.367. The van der Waals surface area contributed by atoms with Crippen LogP contribution in [-0.4, -0.2) is 50.2 Å². The van der Waals surface area contributed by atoms with E-state index in [1.165, 1.54) is 0 Å². The first kappa shape index (κ1) is 28.5. The zero-order valence-corrected chi connectivity index (χ0v) is 22.4. The minimum Gasteiger partial charge on any atom is -0.482 e. The molecule has 0 saturated heterocycles. The second kappa shape index (κ2) is 14.0. The number of sulfone groups is 1. The van der Waals surface area contributed by atoms with E-state index in [-0.39, 0.29) is 22.5 Å². The van der Waals surface area contributed by atoms with Crippen molar-refractivity contribution in [2.24, 2.45) is 0 Å². The van der Waals surface area contributed by atoms with Crippen LogP contribution < -0.4 is 10.1 Å². The Hall–Kier alpha value is -1.74. The Bertz CT molecular complexity index is 1060. The Morgan fingerprint density at radius 1 is 1.21 bits per heavy atom. The number of benzene rings is 2. The molecule has 0 spiro atoms. The van der Waals surface area contributed by atoms with Crippen LogP contribution in [0.15, 0.2) is 46.2 Å². The van der Waals surface area contributed by atoms with Gasteiger partial charge in [0.25, 0.3) is 0 Å². The maximum atomic E-state index is 12.7. The van der Waals surface area contributed by atoms with Crippen LogP contribution in [0.3, 0.4) is 0 Å². The van der Waals surface area contributed by atoms with Crippen LogP contribution in [0.1, 0.15) is 44.2 Å². The van der Waals surface area contributed by atoms with Gasteiger partial charge in [0.1, 0.15) is 5.75 Å². The second-order valence-electron chi connectivity index (χ2n) is 8.27. The standard InChI is InChI=1S/C25H34ClNO5S2/c1-4-5-7-20-8-10-22(15-23(20)26)34(30,31)13-6-12-27-16-19(3)33-21-9-11-24(18(2)14-21)32-17-25(28)29/h8-11,14-15,19,27H,4-7,12-13,16-17H2,1-3H3,(H,28,29). The first-order valence-corrected chi connectivity index (χ1v) is 14.4. The summed E-state index contributed by atoms with van der Waals surface area (Å²) < 4.78 is 30.6. The topological polar surface area (TPSA) is 92.7 Å². The summed E-state index contributed by atoms with van der Waals surface area (Å²) in [6, 6.07) is 10.7. The highest BCUT2D eigenvalue weighted by atomic mass is 35.5. The van der Waals surface area contributed by atoms with E-state index in [0.717, 1.165) is 41.8 Å². The van der Waals surface area contributed by atoms with E-state index < -0.39 is 15.8 Å². The molecular formula is C25H34ClNO5S2. The highest BCUT2D eigenvalue weighted by Crippen LogP contribution is 2.28. The summed E-state index contributed by atoms with van der Waals surface area (Å²) in [5, 5.41) is 12.9. The minimum absolute atomic E-state index is 0.0726. The van der Waals surface area contributed by atoms with Crippen molar-refractivity contribution in [3.8, 4) is 5.75 Å². The third-order valence-electron chi connectivity index (χ3n) is 5.22. The largest absolute Gasteiger partial charge is 0.482 e. The summed E-state index contributed by atoms with van der Waals surface area (Å²) in [4.78, 5) is 12.0. The van der Waals surface area contributed by atoms with Crippen LogP contribution in [0.2, 0.25) is 5.02 Å². The van der Waals surface area contributed by atoms with Crippen molar-refractivity contribution < 1.29 is 23.1 Å². The quantitative estimate of drug-likeness (QED) is 0.237. The molecule has 2 N–H and O–H groups in total. The van der Waals surface area contributed by atoms with Crippen LogP contribution >= 0.6 is 23.4 Å². The lowest BCUT2D eigenvalue weighted by molar-refractivity contribution is -0.139. The summed E-state index contributed by atoms with van der Waals surface area (Å²) in [7, 11) is -3.37. The molecule has 2 rings (SSSR count). The van der Waals surface area contributed by atoms with E-state index in [2.05, 4.69) is 19.2 Å². The molecular weight excluding hydrogens is 494 g/mol. The SMILES string of the molecule is CCCCc1ccc(S(=O)(=O)CCCNCC(C)Sc2ccc(OCC(=O)O)c(C)c2)cc1Cl. The van der Waals surface area contributed by atoms with E-state index in [0.29, 0.717) is 23.7 Å². The predicted octanol–water partition coefficient (Wildman–Crippen LogP) is 5.39. The maximum absolute atomic E-state index is 12.7. The molecule has 0 saturated carbocycles. The maximum Gasteiger partial charge on any atom is 0.341 e. The molecule has 2 aromatic carbocycles. The van der Waals surface area contributed by atoms with Gasteiger partial charge in [-0.15, -0.1) is 11.8 Å². The Morgan fingerprint density at radius 3 is 2.62 bits per heavy atom. The number of carbonyl (C=O) groups is 1. The Labute approximate surface area is 212 Å². The lowest BCUT2D eigenvalue weighted by Gasteiger charge is -2.14. The van der Waals surface area contributed by atoms with Gasteiger partial charge in [0.2, 0.25) is 0 Å². The molecule has 1 atom stereocenters. The molecule has 0 bridgehead atoms. The zero-order valence-electron chi connectivity index (χ0n) is 20.0. The summed E-state index contributed by atoms with van der Waals surface area (Å²) >= 11 is 7.99. The molecule has 0 aliphatic rings. The van der Waals surface area contributed by atoms with Gasteiger partial charge < -0.3 is 15.2 Å². The van der Waals surface area contributed by atoms with Crippen LogP contribution in [0.5, 0.6) is 5.75 Å². The Morgan fingerprint density at radius 2 is 1.97 bits per heavy atom. The fourth-order valence-corrected chi connectivity index (χ4v) is 6.10. The molecule has 1 unspecified atom stereocenters. The smallest absolute Gasteiger partial charge is 0.341 e. The van der Waals surface area contributed by atoms with Gasteiger partial charge in [-0.1, -0.05) is 37.9 Å². The second-order valence-corrected chi connectivity index (χ2v) is 12.3. The lowest BCUT2D eigenvalue weighted by atomic mass is 10.1. The average Bonchev–Trinajstić information content (AvgIpc) is 2.77. The molecule has 0 aromatic heterocycles. The number of carboxylic acids is 1. The number of thioether (sulfide) groups is 1. The van der Waals surface area contributed by atoms with Gasteiger partial charge >= 0.3 is 5.97 Å². The number of halogens is 1. The van der Waals surface area contributed by atoms with Gasteiger partial charge in [-0.3, -0.25) is 0 Å². The van der Waals surface area contributed by atoms with Gasteiger partial charge in [0.15, 0.2) is 16.4 Å². The normalized spacial score (nSPS) is 12.5. The number of carboxylic acid groups (broad SMARTS) is 1. The first-order chi connectivity index (χ1) is 16.1. The van der Waals surface area contributed by atoms with Crippen molar-refractivity contribution in [2.45, 2.75) is 61.5 Å². The highest BCUT2D eigenvalue weighted by molar-refractivity contribution is 8.00. The van der Waals surface area contributed by atoms with Crippen molar-refractivity contribution in [3.05, 3.63) is 52.5 Å². The van der Waals surface area contributed by atoms with E-state index in [9.17, 15) is 13.2 Å². The first-order valence-electron chi connectivity index (χ1n) is 11.5. The third-order valence-corrected chi connectivity index (χ3v) is 8.46. The van der Waals surface area contributed by atoms with Crippen LogP contribution in [0, 0.1) is 6.92 Å². The number of unbranched alkanes of at least 4 members (excludes halogenated alkanes) is 1. The molecule has 0 fully saturated rings. The van der Waals surface area contributed by atoms with E-state index in [4.69, 9.17) is 21.4 Å². The number of nitrogens with one attached hydrogen (secondary N) is 1. The molecule has 9 heteroatoms.